The number of H-pyrrole nitrogens is 1. The molecule has 1 N–H and O–H groups in total. The minimum absolute atomic E-state index is 0.0298. The predicted octanol–water partition coefficient (Wildman–Crippen LogP) is 3.06. The lowest BCUT2D eigenvalue weighted by Gasteiger charge is -2.40. The molecule has 0 radical (unpaired) electrons. The number of nitrogens with one attached hydrogen (secondary N) is 1. The van der Waals surface area contributed by atoms with E-state index in [0.717, 1.165) is 32.2 Å². The number of benzene rings is 2. The van der Waals surface area contributed by atoms with Gasteiger partial charge in [-0.3, -0.25) is 9.59 Å². The van der Waals surface area contributed by atoms with Crippen molar-refractivity contribution in [2.24, 2.45) is 5.10 Å². The summed E-state index contributed by atoms with van der Waals surface area (Å²) in [7, 11) is 0. The number of halogens is 1. The van der Waals surface area contributed by atoms with Crippen LogP contribution in [0.4, 0.5) is 0 Å². The third-order valence-corrected chi connectivity index (χ3v) is 5.89. The van der Waals surface area contributed by atoms with Crippen molar-refractivity contribution in [2.45, 2.75) is 19.0 Å². The van der Waals surface area contributed by atoms with E-state index in [0.29, 0.717) is 13.0 Å². The molecule has 1 saturated heterocycles. The lowest BCUT2D eigenvalue weighted by atomic mass is 9.94. The van der Waals surface area contributed by atoms with Gasteiger partial charge in [0.2, 0.25) is 5.91 Å². The van der Waals surface area contributed by atoms with Gasteiger partial charge < -0.3 is 9.88 Å². The van der Waals surface area contributed by atoms with Crippen molar-refractivity contribution in [1.82, 2.24) is 14.9 Å². The first-order chi connectivity index (χ1) is 13.6. The Kier molecular flexibility index (Phi) is 4.05. The zero-order valence-electron chi connectivity index (χ0n) is 14.9. The van der Waals surface area contributed by atoms with Crippen LogP contribution >= 0.6 is 15.9 Å². The number of nitrogens with zero attached hydrogens (tertiary/aromatic N) is 3. The molecule has 2 aromatic carbocycles. The average molecular weight is 437 g/mol. The second kappa shape index (κ2) is 6.60. The van der Waals surface area contributed by atoms with Gasteiger partial charge in [-0.15, -0.1) is 0 Å². The smallest absolute Gasteiger partial charge is 0.266 e. The summed E-state index contributed by atoms with van der Waals surface area (Å²) in [5.41, 5.74) is 4.05. The number of carbonyl (C=O) groups excluding carboxylic acids is 2. The van der Waals surface area contributed by atoms with Crippen molar-refractivity contribution in [1.29, 1.82) is 0 Å². The van der Waals surface area contributed by atoms with Gasteiger partial charge in [0.1, 0.15) is 12.6 Å². The zero-order chi connectivity index (χ0) is 19.3. The molecule has 2 aliphatic heterocycles. The molecule has 2 amide bonds. The van der Waals surface area contributed by atoms with Crippen LogP contribution in [0.5, 0.6) is 0 Å². The van der Waals surface area contributed by atoms with Gasteiger partial charge in [-0.2, -0.15) is 5.10 Å². The summed E-state index contributed by atoms with van der Waals surface area (Å²) in [5.74, 6) is -0.217. The van der Waals surface area contributed by atoms with Gasteiger partial charge in [0.25, 0.3) is 5.91 Å². The van der Waals surface area contributed by atoms with E-state index >= 15 is 0 Å². The molecule has 0 bridgehead atoms. The number of carbonyl (C=O) groups is 2. The van der Waals surface area contributed by atoms with Gasteiger partial charge in [-0.1, -0.05) is 46.3 Å². The second-order valence-electron chi connectivity index (χ2n) is 7.06. The zero-order valence-corrected chi connectivity index (χ0v) is 16.5. The molecule has 3 heterocycles. The third-order valence-electron chi connectivity index (χ3n) is 5.37. The van der Waals surface area contributed by atoms with Crippen LogP contribution < -0.4 is 0 Å². The highest BCUT2D eigenvalue weighted by Crippen LogP contribution is 2.32. The molecule has 0 spiro atoms. The third kappa shape index (κ3) is 2.82. The summed E-state index contributed by atoms with van der Waals surface area (Å²) < 4.78 is 0.973. The first-order valence-corrected chi connectivity index (χ1v) is 9.88. The summed E-state index contributed by atoms with van der Waals surface area (Å²) in [6.45, 7) is 0.404. The van der Waals surface area contributed by atoms with Gasteiger partial charge in [-0.05, 0) is 29.3 Å². The number of hydrazone groups is 1. The normalized spacial score (nSPS) is 19.4. The fraction of sp³-hybridized carbons (Fsp3) is 0.190. The quantitative estimate of drug-likeness (QED) is 0.627. The van der Waals surface area contributed by atoms with Crippen LogP contribution in [-0.2, 0) is 22.6 Å². The molecule has 5 rings (SSSR count). The fourth-order valence-electron chi connectivity index (χ4n) is 3.94. The SMILES string of the molecule is O=C1[C@H]2Cc3c([nH]c4ccccc34)CN2C(=O)CN1N=Cc1ccc(Br)cc1. The molecular formula is C21H17BrN4O2. The van der Waals surface area contributed by atoms with E-state index in [4.69, 9.17) is 0 Å². The molecule has 2 aliphatic rings. The Morgan fingerprint density at radius 3 is 2.68 bits per heavy atom. The van der Waals surface area contributed by atoms with Crippen LogP contribution in [0.25, 0.3) is 10.9 Å². The maximum atomic E-state index is 13.0. The van der Waals surface area contributed by atoms with E-state index in [1.54, 1.807) is 11.1 Å². The van der Waals surface area contributed by atoms with Crippen molar-refractivity contribution in [2.75, 3.05) is 6.54 Å². The number of hydrogen-bond acceptors (Lipinski definition) is 3. The molecule has 0 aliphatic carbocycles. The molecule has 1 aromatic heterocycles. The standard InChI is InChI=1S/C21H17BrN4O2/c22-14-7-5-13(6-8-14)10-23-26-12-20(27)25-11-18-16(9-19(25)21(26)28)15-3-1-2-4-17(15)24-18/h1-8,10,19,24H,9,11-12H2/t19-/m1/s1. The minimum Gasteiger partial charge on any atom is -0.357 e. The van der Waals surface area contributed by atoms with Crippen molar-refractivity contribution < 1.29 is 9.59 Å². The van der Waals surface area contributed by atoms with Crippen molar-refractivity contribution in [3.8, 4) is 0 Å². The van der Waals surface area contributed by atoms with Gasteiger partial charge >= 0.3 is 0 Å². The molecule has 1 atom stereocenters. The number of para-hydroxylation sites is 1. The summed E-state index contributed by atoms with van der Waals surface area (Å²) in [6.07, 6.45) is 2.13. The van der Waals surface area contributed by atoms with E-state index in [-0.39, 0.29) is 18.4 Å². The van der Waals surface area contributed by atoms with Crippen LogP contribution in [0.15, 0.2) is 58.1 Å². The highest BCUT2D eigenvalue weighted by atomic mass is 79.9. The first kappa shape index (κ1) is 17.2. The average Bonchev–Trinajstić information content (AvgIpc) is 3.07. The van der Waals surface area contributed by atoms with Crippen LogP contribution in [0, 0.1) is 0 Å². The van der Waals surface area contributed by atoms with Crippen molar-refractivity contribution in [3.63, 3.8) is 0 Å². The Hall–Kier alpha value is -2.93. The molecule has 1 fully saturated rings. The van der Waals surface area contributed by atoms with Crippen LogP contribution in [0.3, 0.4) is 0 Å². The largest absolute Gasteiger partial charge is 0.357 e. The number of rotatable bonds is 2. The lowest BCUT2D eigenvalue weighted by Crippen LogP contribution is -2.60. The maximum absolute atomic E-state index is 13.0. The van der Waals surface area contributed by atoms with E-state index < -0.39 is 6.04 Å². The Morgan fingerprint density at radius 1 is 1.07 bits per heavy atom. The summed E-state index contributed by atoms with van der Waals surface area (Å²) >= 11 is 3.39. The van der Waals surface area contributed by atoms with Gasteiger partial charge in [0.05, 0.1) is 12.8 Å². The fourth-order valence-corrected chi connectivity index (χ4v) is 4.21. The molecule has 28 heavy (non-hydrogen) atoms. The van der Waals surface area contributed by atoms with Crippen molar-refractivity contribution >= 4 is 44.9 Å². The van der Waals surface area contributed by atoms with Crippen LogP contribution in [-0.4, -0.2) is 45.5 Å². The Morgan fingerprint density at radius 2 is 1.86 bits per heavy atom. The molecule has 140 valence electrons. The number of fused-ring (bicyclic) bond motifs is 4. The molecular weight excluding hydrogens is 420 g/mol. The van der Waals surface area contributed by atoms with E-state index in [2.05, 4.69) is 32.1 Å². The molecule has 6 nitrogen and oxygen atoms in total. The number of hydrogen-bond donors (Lipinski definition) is 1. The summed E-state index contributed by atoms with van der Waals surface area (Å²) in [5, 5.41) is 6.72. The van der Waals surface area contributed by atoms with Gasteiger partial charge in [-0.25, -0.2) is 5.01 Å². The summed E-state index contributed by atoms with van der Waals surface area (Å²) in [6, 6.07) is 15.2. The topological polar surface area (TPSA) is 68.8 Å². The first-order valence-electron chi connectivity index (χ1n) is 9.09. The molecule has 0 unspecified atom stereocenters. The van der Waals surface area contributed by atoms with Gasteiger partial charge in [0.15, 0.2) is 0 Å². The number of amides is 2. The monoisotopic (exact) mass is 436 g/mol. The van der Waals surface area contributed by atoms with Gasteiger partial charge in [0, 0.05) is 27.5 Å². The van der Waals surface area contributed by atoms with Crippen LogP contribution in [0.1, 0.15) is 16.8 Å². The number of aromatic nitrogens is 1. The minimum atomic E-state index is -0.505. The maximum Gasteiger partial charge on any atom is 0.266 e. The highest BCUT2D eigenvalue weighted by molar-refractivity contribution is 9.10. The Balaban J connectivity index is 1.44. The molecule has 3 aromatic rings. The Labute approximate surface area is 169 Å². The number of piperazine rings is 1. The highest BCUT2D eigenvalue weighted by Gasteiger charge is 2.43. The molecule has 0 saturated carbocycles. The van der Waals surface area contributed by atoms with Crippen molar-refractivity contribution in [3.05, 3.63) is 69.8 Å². The molecule has 7 heteroatoms. The number of aromatic amines is 1. The Bertz CT molecular complexity index is 1120. The summed E-state index contributed by atoms with van der Waals surface area (Å²) in [4.78, 5) is 30.8. The van der Waals surface area contributed by atoms with Crippen LogP contribution in [0.2, 0.25) is 0 Å². The van der Waals surface area contributed by atoms with E-state index in [9.17, 15) is 9.59 Å². The second-order valence-corrected chi connectivity index (χ2v) is 7.98. The predicted molar refractivity (Wildman–Crippen MR) is 110 cm³/mol. The van der Waals surface area contributed by atoms with E-state index in [1.807, 2.05) is 42.5 Å². The van der Waals surface area contributed by atoms with E-state index in [1.165, 1.54) is 5.01 Å². The lowest BCUT2D eigenvalue weighted by molar-refractivity contribution is -0.157.